The van der Waals surface area contributed by atoms with Gasteiger partial charge in [-0.3, -0.25) is 4.79 Å². The van der Waals surface area contributed by atoms with E-state index in [2.05, 4.69) is 14.7 Å². The molecule has 1 fully saturated rings. The number of amides is 1. The number of H-pyrrole nitrogens is 1. The highest BCUT2D eigenvalue weighted by Crippen LogP contribution is 2.52. The second-order valence-electron chi connectivity index (χ2n) is 8.57. The van der Waals surface area contributed by atoms with Crippen molar-refractivity contribution in [1.29, 1.82) is 0 Å². The molecule has 170 valence electrons. The fourth-order valence-electron chi connectivity index (χ4n) is 3.74. The topological polar surface area (TPSA) is 110 Å². The van der Waals surface area contributed by atoms with Crippen molar-refractivity contribution in [2.24, 2.45) is 0 Å². The molecular formula is C23H27N3O5S. The van der Waals surface area contributed by atoms with Gasteiger partial charge in [0.15, 0.2) is 0 Å². The number of fused-ring (bicyclic) bond motifs is 1. The van der Waals surface area contributed by atoms with Gasteiger partial charge in [-0.05, 0) is 64.8 Å². The molecule has 0 unspecified atom stereocenters. The molecule has 0 bridgehead atoms. The Balaban J connectivity index is 1.69. The highest BCUT2D eigenvalue weighted by atomic mass is 32.2. The number of carbonyl (C=O) groups excluding carboxylic acids is 1. The van der Waals surface area contributed by atoms with Crippen LogP contribution in [0.15, 0.2) is 47.6 Å². The van der Waals surface area contributed by atoms with Crippen LogP contribution in [0.25, 0.3) is 10.9 Å². The van der Waals surface area contributed by atoms with Gasteiger partial charge in [0, 0.05) is 22.7 Å². The van der Waals surface area contributed by atoms with Crippen LogP contribution in [0, 0.1) is 0 Å². The molecule has 2 heterocycles. The van der Waals surface area contributed by atoms with E-state index >= 15 is 0 Å². The lowest BCUT2D eigenvalue weighted by Crippen LogP contribution is -2.39. The highest BCUT2D eigenvalue weighted by Gasteiger charge is 2.54. The zero-order valence-electron chi connectivity index (χ0n) is 18.5. The summed E-state index contributed by atoms with van der Waals surface area (Å²) in [4.78, 5) is 20.7. The number of sulfonamides is 1. The van der Waals surface area contributed by atoms with Crippen molar-refractivity contribution in [2.75, 3.05) is 0 Å². The quantitative estimate of drug-likeness (QED) is 0.534. The number of nitrogens with one attached hydrogen (secondary N) is 2. The van der Waals surface area contributed by atoms with Gasteiger partial charge in [-0.25, -0.2) is 18.1 Å². The van der Waals surface area contributed by atoms with E-state index in [4.69, 9.17) is 9.47 Å². The molecule has 32 heavy (non-hydrogen) atoms. The number of benzene rings is 1. The second-order valence-corrected chi connectivity index (χ2v) is 10.2. The minimum absolute atomic E-state index is 0.0501. The van der Waals surface area contributed by atoms with Crippen LogP contribution >= 0.6 is 0 Å². The third-order valence-electron chi connectivity index (χ3n) is 5.32. The van der Waals surface area contributed by atoms with Crippen LogP contribution in [0.5, 0.6) is 11.6 Å². The molecule has 1 aliphatic rings. The summed E-state index contributed by atoms with van der Waals surface area (Å²) < 4.78 is 40.1. The van der Waals surface area contributed by atoms with Gasteiger partial charge in [0.2, 0.25) is 11.8 Å². The average molecular weight is 458 g/mol. The first kappa shape index (κ1) is 22.1. The molecule has 2 N–H and O–H groups in total. The third kappa shape index (κ3) is 4.17. The minimum Gasteiger partial charge on any atom is -0.489 e. The summed E-state index contributed by atoms with van der Waals surface area (Å²) in [6.45, 7) is 7.52. The molecule has 0 aliphatic heterocycles. The molecule has 0 saturated heterocycles. The molecule has 0 atom stereocenters. The normalized spacial score (nSPS) is 15.2. The van der Waals surface area contributed by atoms with Crippen LogP contribution in [0.4, 0.5) is 0 Å². The van der Waals surface area contributed by atoms with Gasteiger partial charge in [-0.2, -0.15) is 0 Å². The summed E-state index contributed by atoms with van der Waals surface area (Å²) >= 11 is 0. The van der Waals surface area contributed by atoms with Crippen molar-refractivity contribution in [3.8, 4) is 11.6 Å². The SMILES string of the molecule is CC(C)Oc1cnc(OC(C)C)c(C2(C(=O)NS(=O)(=O)c3cccc4[nH]ccc34)CC2)c1. The van der Waals surface area contributed by atoms with Gasteiger partial charge in [0.1, 0.15) is 5.75 Å². The van der Waals surface area contributed by atoms with Crippen LogP contribution in [0.1, 0.15) is 46.1 Å². The fourth-order valence-corrected chi connectivity index (χ4v) is 5.01. The fraction of sp³-hybridized carbons (Fsp3) is 0.391. The number of hydrogen-bond acceptors (Lipinski definition) is 6. The van der Waals surface area contributed by atoms with Crippen molar-refractivity contribution in [3.05, 3.63) is 48.3 Å². The van der Waals surface area contributed by atoms with E-state index in [0.29, 0.717) is 40.9 Å². The Morgan fingerprint density at radius 3 is 2.50 bits per heavy atom. The van der Waals surface area contributed by atoms with E-state index < -0.39 is 21.3 Å². The van der Waals surface area contributed by atoms with Crippen LogP contribution in [-0.2, 0) is 20.2 Å². The van der Waals surface area contributed by atoms with E-state index in [1.165, 1.54) is 6.07 Å². The smallest absolute Gasteiger partial charge is 0.264 e. The van der Waals surface area contributed by atoms with Crippen LogP contribution in [0.2, 0.25) is 0 Å². The molecule has 3 aromatic rings. The molecule has 1 amide bonds. The summed E-state index contributed by atoms with van der Waals surface area (Å²) in [5, 5.41) is 0.524. The van der Waals surface area contributed by atoms with E-state index in [9.17, 15) is 13.2 Å². The van der Waals surface area contributed by atoms with E-state index in [0.717, 1.165) is 0 Å². The Morgan fingerprint density at radius 1 is 1.12 bits per heavy atom. The van der Waals surface area contributed by atoms with E-state index in [-0.39, 0.29) is 17.1 Å². The standard InChI is InChI=1S/C23H27N3O5S/c1-14(2)30-16-12-18(21(25-13-16)31-15(3)4)23(9-10-23)22(27)26-32(28,29)20-7-5-6-19-17(20)8-11-24-19/h5-8,11-15,24H,9-10H2,1-4H3,(H,26,27). The van der Waals surface area contributed by atoms with Crippen LogP contribution < -0.4 is 14.2 Å². The molecule has 0 spiro atoms. The summed E-state index contributed by atoms with van der Waals surface area (Å²) in [5.41, 5.74) is 0.181. The Labute approximate surface area is 187 Å². The van der Waals surface area contributed by atoms with Crippen molar-refractivity contribution in [3.63, 3.8) is 0 Å². The zero-order chi connectivity index (χ0) is 23.1. The molecule has 9 heteroatoms. The number of aromatic nitrogens is 2. The lowest BCUT2D eigenvalue weighted by Gasteiger charge is -2.21. The van der Waals surface area contributed by atoms with Gasteiger partial charge in [-0.1, -0.05) is 6.07 Å². The first-order valence-corrected chi connectivity index (χ1v) is 12.1. The van der Waals surface area contributed by atoms with Crippen molar-refractivity contribution in [1.82, 2.24) is 14.7 Å². The van der Waals surface area contributed by atoms with Crippen molar-refractivity contribution < 1.29 is 22.7 Å². The molecule has 1 saturated carbocycles. The van der Waals surface area contributed by atoms with Crippen LogP contribution in [-0.4, -0.2) is 36.5 Å². The first-order chi connectivity index (χ1) is 15.1. The zero-order valence-corrected chi connectivity index (χ0v) is 19.3. The Hall–Kier alpha value is -3.07. The van der Waals surface area contributed by atoms with Crippen molar-refractivity contribution >= 4 is 26.8 Å². The Kier molecular flexibility index (Phi) is 5.62. The molecule has 4 rings (SSSR count). The summed E-state index contributed by atoms with van der Waals surface area (Å²) in [6.07, 6.45) is 3.96. The summed E-state index contributed by atoms with van der Waals surface area (Å²) in [5.74, 6) is 0.223. The van der Waals surface area contributed by atoms with Gasteiger partial charge in [0.05, 0.1) is 28.7 Å². The number of aromatic amines is 1. The molecule has 1 aromatic carbocycles. The number of hydrogen-bond donors (Lipinski definition) is 2. The maximum Gasteiger partial charge on any atom is 0.264 e. The molecule has 8 nitrogen and oxygen atoms in total. The average Bonchev–Trinajstić information content (AvgIpc) is 3.38. The Morgan fingerprint density at radius 2 is 1.84 bits per heavy atom. The third-order valence-corrected chi connectivity index (χ3v) is 6.71. The lowest BCUT2D eigenvalue weighted by molar-refractivity contribution is -0.121. The maximum absolute atomic E-state index is 13.3. The van der Waals surface area contributed by atoms with Gasteiger partial charge in [0.25, 0.3) is 10.0 Å². The first-order valence-electron chi connectivity index (χ1n) is 10.6. The maximum atomic E-state index is 13.3. The largest absolute Gasteiger partial charge is 0.489 e. The highest BCUT2D eigenvalue weighted by molar-refractivity contribution is 7.90. The number of rotatable bonds is 8. The predicted molar refractivity (Wildman–Crippen MR) is 120 cm³/mol. The molecular weight excluding hydrogens is 430 g/mol. The van der Waals surface area contributed by atoms with Crippen LogP contribution in [0.3, 0.4) is 0 Å². The minimum atomic E-state index is -4.08. The summed E-state index contributed by atoms with van der Waals surface area (Å²) in [6, 6.07) is 8.30. The number of ether oxygens (including phenoxy) is 2. The van der Waals surface area contributed by atoms with Crippen molar-refractivity contribution in [2.45, 2.75) is 63.1 Å². The number of pyridine rings is 1. The number of carbonyl (C=O) groups is 1. The van der Waals surface area contributed by atoms with Gasteiger partial charge < -0.3 is 14.5 Å². The molecule has 2 aromatic heterocycles. The predicted octanol–water partition coefficient (Wildman–Crippen LogP) is 3.67. The summed E-state index contributed by atoms with van der Waals surface area (Å²) in [7, 11) is -4.08. The Bertz CT molecular complexity index is 1260. The van der Waals surface area contributed by atoms with E-state index in [1.54, 1.807) is 36.7 Å². The number of nitrogens with zero attached hydrogens (tertiary/aromatic N) is 1. The second kappa shape index (κ2) is 8.12. The van der Waals surface area contributed by atoms with Gasteiger partial charge in [-0.15, -0.1) is 0 Å². The monoisotopic (exact) mass is 457 g/mol. The lowest BCUT2D eigenvalue weighted by atomic mass is 9.96. The van der Waals surface area contributed by atoms with E-state index in [1.807, 2.05) is 27.7 Å². The molecule has 1 aliphatic carbocycles. The van der Waals surface area contributed by atoms with Gasteiger partial charge >= 0.3 is 0 Å². The molecule has 0 radical (unpaired) electrons.